The second kappa shape index (κ2) is 7.98. The monoisotopic (exact) mass is 335 g/mol. The van der Waals surface area contributed by atoms with E-state index in [0.717, 1.165) is 25.8 Å². The quantitative estimate of drug-likeness (QED) is 0.832. The molecule has 1 aliphatic carbocycles. The van der Waals surface area contributed by atoms with Gasteiger partial charge in [-0.2, -0.15) is 0 Å². The van der Waals surface area contributed by atoms with E-state index in [4.69, 9.17) is 9.72 Å². The molecule has 1 saturated heterocycles. The summed E-state index contributed by atoms with van der Waals surface area (Å²) in [6.07, 6.45) is 6.75. The van der Waals surface area contributed by atoms with Gasteiger partial charge in [0.1, 0.15) is 5.82 Å². The summed E-state index contributed by atoms with van der Waals surface area (Å²) in [5.41, 5.74) is 2.75. The highest BCUT2D eigenvalue weighted by molar-refractivity contribution is 5.22. The van der Waals surface area contributed by atoms with Gasteiger partial charge < -0.3 is 14.4 Å². The van der Waals surface area contributed by atoms with Crippen LogP contribution in [0.4, 0.5) is 0 Å². The summed E-state index contributed by atoms with van der Waals surface area (Å²) >= 11 is 0. The van der Waals surface area contributed by atoms with Gasteiger partial charge in [0.15, 0.2) is 0 Å². The van der Waals surface area contributed by atoms with Crippen LogP contribution in [-0.2, 0) is 24.6 Å². The third-order valence-electron chi connectivity index (χ3n) is 5.28. The Labute approximate surface area is 146 Å². The van der Waals surface area contributed by atoms with Gasteiger partial charge in [0.05, 0.1) is 24.4 Å². The molecule has 0 spiro atoms. The van der Waals surface area contributed by atoms with Crippen LogP contribution in [0.2, 0.25) is 0 Å². The number of aliphatic hydroxyl groups is 1. The maximum Gasteiger partial charge on any atom is 0.126 e. The number of nitrogens with zero attached hydrogens (tertiary/aromatic N) is 3. The van der Waals surface area contributed by atoms with Crippen LogP contribution in [0, 0.1) is 5.92 Å². The number of likely N-dealkylation sites (tertiary alicyclic amines) is 1. The number of rotatable bonds is 7. The van der Waals surface area contributed by atoms with E-state index >= 15 is 0 Å². The van der Waals surface area contributed by atoms with E-state index in [1.807, 2.05) is 0 Å². The van der Waals surface area contributed by atoms with Crippen molar-refractivity contribution in [3.63, 3.8) is 0 Å². The van der Waals surface area contributed by atoms with E-state index in [-0.39, 0.29) is 0 Å². The summed E-state index contributed by atoms with van der Waals surface area (Å²) < 4.78 is 7.93. The van der Waals surface area contributed by atoms with Gasteiger partial charge in [-0.1, -0.05) is 13.8 Å². The zero-order valence-corrected chi connectivity index (χ0v) is 15.5. The third-order valence-corrected chi connectivity index (χ3v) is 5.28. The van der Waals surface area contributed by atoms with Crippen molar-refractivity contribution in [3.05, 3.63) is 17.2 Å². The van der Waals surface area contributed by atoms with E-state index in [1.165, 1.54) is 36.5 Å². The zero-order valence-electron chi connectivity index (χ0n) is 15.5. The Morgan fingerprint density at radius 1 is 1.21 bits per heavy atom. The van der Waals surface area contributed by atoms with E-state index in [2.05, 4.69) is 30.4 Å². The summed E-state index contributed by atoms with van der Waals surface area (Å²) in [4.78, 5) is 7.38. The Balaban J connectivity index is 1.62. The number of aliphatic hydroxyl groups excluding tert-OH is 1. The fourth-order valence-electron chi connectivity index (χ4n) is 4.11. The molecule has 2 atom stereocenters. The second-order valence-electron chi connectivity index (χ2n) is 7.87. The lowest BCUT2D eigenvalue weighted by Gasteiger charge is -2.26. The lowest BCUT2D eigenvalue weighted by Crippen LogP contribution is -2.35. The average Bonchev–Trinajstić information content (AvgIpc) is 3.12. The predicted molar refractivity (Wildman–Crippen MR) is 95.1 cm³/mol. The Morgan fingerprint density at radius 3 is 2.75 bits per heavy atom. The van der Waals surface area contributed by atoms with Crippen molar-refractivity contribution >= 4 is 0 Å². The fraction of sp³-hybridized carbons (Fsp3) is 0.842. The SMILES string of the molecule is CC(C)COC[C@H](O)CN1CCC[C@@H]1c1nc2c(n1C)CCCC2. The summed E-state index contributed by atoms with van der Waals surface area (Å²) in [7, 11) is 2.17. The van der Waals surface area contributed by atoms with Crippen molar-refractivity contribution in [1.29, 1.82) is 0 Å². The maximum absolute atomic E-state index is 10.3. The molecule has 5 nitrogen and oxygen atoms in total. The molecule has 136 valence electrons. The van der Waals surface area contributed by atoms with Crippen LogP contribution in [-0.4, -0.2) is 52.0 Å². The van der Waals surface area contributed by atoms with Crippen molar-refractivity contribution in [1.82, 2.24) is 14.5 Å². The molecule has 1 aromatic heterocycles. The van der Waals surface area contributed by atoms with Gasteiger partial charge in [-0.3, -0.25) is 4.90 Å². The van der Waals surface area contributed by atoms with Gasteiger partial charge in [-0.25, -0.2) is 4.98 Å². The molecule has 0 aromatic carbocycles. The molecular formula is C19H33N3O2. The average molecular weight is 335 g/mol. The fourth-order valence-corrected chi connectivity index (χ4v) is 4.11. The van der Waals surface area contributed by atoms with Gasteiger partial charge in [0, 0.05) is 25.9 Å². The molecular weight excluding hydrogens is 302 g/mol. The molecule has 5 heteroatoms. The molecule has 0 bridgehead atoms. The summed E-state index contributed by atoms with van der Waals surface area (Å²) in [5, 5.41) is 10.3. The molecule has 1 aliphatic heterocycles. The molecule has 0 saturated carbocycles. The smallest absolute Gasteiger partial charge is 0.126 e. The first-order valence-corrected chi connectivity index (χ1v) is 9.60. The molecule has 1 aromatic rings. The van der Waals surface area contributed by atoms with Crippen molar-refractivity contribution in [2.24, 2.45) is 13.0 Å². The molecule has 3 rings (SSSR count). The number of hydrogen-bond donors (Lipinski definition) is 1. The lowest BCUT2D eigenvalue weighted by molar-refractivity contribution is 0.00548. The Bertz CT molecular complexity index is 541. The minimum Gasteiger partial charge on any atom is -0.389 e. The first-order valence-electron chi connectivity index (χ1n) is 9.60. The van der Waals surface area contributed by atoms with E-state index < -0.39 is 6.10 Å². The van der Waals surface area contributed by atoms with E-state index in [9.17, 15) is 5.11 Å². The molecule has 0 unspecified atom stereocenters. The Kier molecular flexibility index (Phi) is 5.95. The predicted octanol–water partition coefficient (Wildman–Crippen LogP) is 2.47. The van der Waals surface area contributed by atoms with E-state index in [0.29, 0.717) is 31.7 Å². The number of ether oxygens (including phenoxy) is 1. The first kappa shape index (κ1) is 17.9. The van der Waals surface area contributed by atoms with Crippen LogP contribution >= 0.6 is 0 Å². The molecule has 2 aliphatic rings. The molecule has 0 amide bonds. The number of imidazole rings is 1. The zero-order chi connectivity index (χ0) is 17.1. The number of aromatic nitrogens is 2. The number of aryl methyl sites for hydroxylation is 1. The highest BCUT2D eigenvalue weighted by atomic mass is 16.5. The highest BCUT2D eigenvalue weighted by Gasteiger charge is 2.32. The van der Waals surface area contributed by atoms with Crippen LogP contribution in [0.25, 0.3) is 0 Å². The molecule has 24 heavy (non-hydrogen) atoms. The number of β-amino-alcohol motifs (C(OH)–C–C–N with tert-alkyl or cyclic N) is 1. The number of fused-ring (bicyclic) bond motifs is 1. The van der Waals surface area contributed by atoms with E-state index in [1.54, 1.807) is 0 Å². The van der Waals surface area contributed by atoms with Gasteiger partial charge in [0.25, 0.3) is 0 Å². The van der Waals surface area contributed by atoms with Crippen LogP contribution in [0.1, 0.15) is 62.8 Å². The van der Waals surface area contributed by atoms with Crippen molar-refractivity contribution in [3.8, 4) is 0 Å². The summed E-state index contributed by atoms with van der Waals surface area (Å²) in [6, 6.07) is 0.348. The van der Waals surface area contributed by atoms with Gasteiger partial charge in [-0.05, 0) is 51.0 Å². The molecule has 0 radical (unpaired) electrons. The first-order chi connectivity index (χ1) is 11.6. The second-order valence-corrected chi connectivity index (χ2v) is 7.87. The van der Waals surface area contributed by atoms with Crippen molar-refractivity contribution < 1.29 is 9.84 Å². The summed E-state index contributed by atoms with van der Waals surface area (Å²) in [6.45, 7) is 7.13. The summed E-state index contributed by atoms with van der Waals surface area (Å²) in [5.74, 6) is 1.71. The highest BCUT2D eigenvalue weighted by Crippen LogP contribution is 2.33. The van der Waals surface area contributed by atoms with Crippen LogP contribution in [0.5, 0.6) is 0 Å². The van der Waals surface area contributed by atoms with Crippen LogP contribution < -0.4 is 0 Å². The molecule has 1 fully saturated rings. The van der Waals surface area contributed by atoms with Gasteiger partial charge in [-0.15, -0.1) is 0 Å². The standard InChI is InChI=1S/C19H33N3O2/c1-14(2)12-24-13-15(23)11-22-10-6-9-18(22)19-20-16-7-4-5-8-17(16)21(19)3/h14-15,18,23H,4-13H2,1-3H3/t15-,18-/m1/s1. The molecule has 1 N–H and O–H groups in total. The normalized spacial score (nSPS) is 23.0. The minimum absolute atomic E-state index is 0.348. The van der Waals surface area contributed by atoms with Crippen LogP contribution in [0.3, 0.4) is 0 Å². The lowest BCUT2D eigenvalue weighted by atomic mass is 10.0. The van der Waals surface area contributed by atoms with Crippen molar-refractivity contribution in [2.75, 3.05) is 26.3 Å². The van der Waals surface area contributed by atoms with Gasteiger partial charge >= 0.3 is 0 Å². The Morgan fingerprint density at radius 2 is 2.00 bits per heavy atom. The Hall–Kier alpha value is -0.910. The van der Waals surface area contributed by atoms with Crippen LogP contribution in [0.15, 0.2) is 0 Å². The van der Waals surface area contributed by atoms with Crippen molar-refractivity contribution in [2.45, 2.75) is 64.5 Å². The minimum atomic E-state index is -0.417. The topological polar surface area (TPSA) is 50.5 Å². The largest absolute Gasteiger partial charge is 0.389 e. The third kappa shape index (κ3) is 4.01. The van der Waals surface area contributed by atoms with Gasteiger partial charge in [0.2, 0.25) is 0 Å². The maximum atomic E-state index is 10.3. The number of hydrogen-bond acceptors (Lipinski definition) is 4. The molecule has 2 heterocycles.